The summed E-state index contributed by atoms with van der Waals surface area (Å²) in [6.07, 6.45) is 3.12. The first-order chi connectivity index (χ1) is 8.18. The molecule has 0 aliphatic heterocycles. The number of aromatic nitrogens is 2. The molecule has 0 saturated carbocycles. The largest absolute Gasteiger partial charge is 0.398 e. The van der Waals surface area contributed by atoms with Crippen molar-refractivity contribution in [3.8, 4) is 0 Å². The van der Waals surface area contributed by atoms with Gasteiger partial charge in [-0.15, -0.1) is 0 Å². The summed E-state index contributed by atoms with van der Waals surface area (Å²) in [7, 11) is 0. The van der Waals surface area contributed by atoms with Crippen molar-refractivity contribution in [1.29, 1.82) is 0 Å². The summed E-state index contributed by atoms with van der Waals surface area (Å²) in [4.78, 5) is 19.7. The molecule has 2 aromatic rings. The predicted molar refractivity (Wildman–Crippen MR) is 65.6 cm³/mol. The standard InChI is InChI=1S/C12H12N4O/c1-8-4-2-5-9(10(8)13)11(17)16-12-14-6-3-7-15-12/h2-7H,13H2,1H3,(H,14,15,16,17). The molecule has 0 unspecified atom stereocenters. The zero-order valence-corrected chi connectivity index (χ0v) is 9.34. The lowest BCUT2D eigenvalue weighted by molar-refractivity contribution is 0.102. The second kappa shape index (κ2) is 4.61. The number of carbonyl (C=O) groups is 1. The van der Waals surface area contributed by atoms with E-state index in [0.717, 1.165) is 5.56 Å². The fourth-order valence-corrected chi connectivity index (χ4v) is 1.41. The minimum absolute atomic E-state index is 0.262. The van der Waals surface area contributed by atoms with Gasteiger partial charge in [0.1, 0.15) is 0 Å². The van der Waals surface area contributed by atoms with E-state index < -0.39 is 0 Å². The predicted octanol–water partition coefficient (Wildman–Crippen LogP) is 1.62. The second-order valence-electron chi connectivity index (χ2n) is 3.56. The van der Waals surface area contributed by atoms with Crippen molar-refractivity contribution >= 4 is 17.5 Å². The Bertz CT molecular complexity index is 539. The molecule has 0 aliphatic carbocycles. The van der Waals surface area contributed by atoms with E-state index in [-0.39, 0.29) is 11.9 Å². The minimum Gasteiger partial charge on any atom is -0.398 e. The first-order valence-electron chi connectivity index (χ1n) is 5.12. The molecule has 0 atom stereocenters. The van der Waals surface area contributed by atoms with Crippen LogP contribution in [-0.4, -0.2) is 15.9 Å². The zero-order valence-electron chi connectivity index (χ0n) is 9.34. The van der Waals surface area contributed by atoms with Gasteiger partial charge in [0.15, 0.2) is 0 Å². The van der Waals surface area contributed by atoms with E-state index >= 15 is 0 Å². The molecule has 0 fully saturated rings. The average molecular weight is 228 g/mol. The van der Waals surface area contributed by atoms with Crippen molar-refractivity contribution in [3.63, 3.8) is 0 Å². The van der Waals surface area contributed by atoms with Gasteiger partial charge in [0.05, 0.1) is 5.56 Å². The van der Waals surface area contributed by atoms with Crippen molar-refractivity contribution in [3.05, 3.63) is 47.8 Å². The van der Waals surface area contributed by atoms with Crippen molar-refractivity contribution in [2.75, 3.05) is 11.1 Å². The van der Waals surface area contributed by atoms with Crippen molar-refractivity contribution in [1.82, 2.24) is 9.97 Å². The van der Waals surface area contributed by atoms with E-state index in [9.17, 15) is 4.79 Å². The fraction of sp³-hybridized carbons (Fsp3) is 0.0833. The smallest absolute Gasteiger partial charge is 0.260 e. The van der Waals surface area contributed by atoms with Gasteiger partial charge in [-0.3, -0.25) is 10.1 Å². The van der Waals surface area contributed by atoms with Crippen LogP contribution < -0.4 is 11.1 Å². The molecule has 0 spiro atoms. The number of anilines is 2. The van der Waals surface area contributed by atoms with Gasteiger partial charge in [0.25, 0.3) is 5.91 Å². The lowest BCUT2D eigenvalue weighted by atomic mass is 10.1. The number of hydrogen-bond donors (Lipinski definition) is 2. The van der Waals surface area contributed by atoms with Gasteiger partial charge in [0, 0.05) is 18.1 Å². The molecule has 5 nitrogen and oxygen atoms in total. The van der Waals surface area contributed by atoms with Crippen LogP contribution in [0.1, 0.15) is 15.9 Å². The molecule has 0 radical (unpaired) electrons. The maximum absolute atomic E-state index is 11.9. The number of nitrogen functional groups attached to an aromatic ring is 1. The number of nitrogens with one attached hydrogen (secondary N) is 1. The third kappa shape index (κ3) is 2.39. The Labute approximate surface area is 98.7 Å². The van der Waals surface area contributed by atoms with Crippen LogP contribution in [0.5, 0.6) is 0 Å². The van der Waals surface area contributed by atoms with E-state index in [4.69, 9.17) is 5.73 Å². The van der Waals surface area contributed by atoms with Crippen LogP contribution in [0.4, 0.5) is 11.6 Å². The number of hydrogen-bond acceptors (Lipinski definition) is 4. The number of amides is 1. The maximum atomic E-state index is 11.9. The highest BCUT2D eigenvalue weighted by Gasteiger charge is 2.11. The second-order valence-corrected chi connectivity index (χ2v) is 3.56. The van der Waals surface area contributed by atoms with Crippen molar-refractivity contribution in [2.45, 2.75) is 6.92 Å². The summed E-state index contributed by atoms with van der Waals surface area (Å²) in [6, 6.07) is 6.98. The van der Waals surface area contributed by atoms with Crippen LogP contribution in [0, 0.1) is 6.92 Å². The summed E-state index contributed by atoms with van der Waals surface area (Å²) in [5, 5.41) is 2.59. The highest BCUT2D eigenvalue weighted by Crippen LogP contribution is 2.17. The van der Waals surface area contributed by atoms with Crippen LogP contribution in [0.25, 0.3) is 0 Å². The Morgan fingerprint density at radius 3 is 2.65 bits per heavy atom. The van der Waals surface area contributed by atoms with Crippen LogP contribution in [0.15, 0.2) is 36.7 Å². The highest BCUT2D eigenvalue weighted by molar-refractivity contribution is 6.07. The lowest BCUT2D eigenvalue weighted by Crippen LogP contribution is -2.16. The molecule has 1 aromatic heterocycles. The van der Waals surface area contributed by atoms with Gasteiger partial charge in [-0.05, 0) is 24.6 Å². The van der Waals surface area contributed by atoms with Crippen LogP contribution in [0.3, 0.4) is 0 Å². The Morgan fingerprint density at radius 2 is 1.94 bits per heavy atom. The molecule has 1 amide bonds. The summed E-state index contributed by atoms with van der Waals surface area (Å²) < 4.78 is 0. The molecular weight excluding hydrogens is 216 g/mol. The summed E-state index contributed by atoms with van der Waals surface area (Å²) in [5.41, 5.74) is 7.60. The molecule has 17 heavy (non-hydrogen) atoms. The normalized spacial score (nSPS) is 9.94. The summed E-state index contributed by atoms with van der Waals surface area (Å²) in [5.74, 6) is -0.0455. The summed E-state index contributed by atoms with van der Waals surface area (Å²) >= 11 is 0. The quantitative estimate of drug-likeness (QED) is 0.765. The molecule has 0 saturated heterocycles. The van der Waals surface area contributed by atoms with E-state index in [1.54, 1.807) is 30.6 Å². The van der Waals surface area contributed by atoms with Gasteiger partial charge < -0.3 is 5.73 Å². The van der Waals surface area contributed by atoms with Crippen LogP contribution in [0.2, 0.25) is 0 Å². The Kier molecular flexibility index (Phi) is 3.00. The number of rotatable bonds is 2. The SMILES string of the molecule is Cc1cccc(C(=O)Nc2ncccn2)c1N. The van der Waals surface area contributed by atoms with Gasteiger partial charge in [-0.25, -0.2) is 9.97 Å². The van der Waals surface area contributed by atoms with Gasteiger partial charge in [-0.2, -0.15) is 0 Å². The molecule has 2 rings (SSSR count). The first-order valence-corrected chi connectivity index (χ1v) is 5.12. The maximum Gasteiger partial charge on any atom is 0.260 e. The molecule has 3 N–H and O–H groups in total. The van der Waals surface area contributed by atoms with Gasteiger partial charge in [0.2, 0.25) is 5.95 Å². The molecule has 0 bridgehead atoms. The number of nitrogens with two attached hydrogens (primary N) is 1. The Hall–Kier alpha value is -2.43. The monoisotopic (exact) mass is 228 g/mol. The van der Waals surface area contributed by atoms with E-state index in [2.05, 4.69) is 15.3 Å². The molecule has 86 valence electrons. The third-order valence-electron chi connectivity index (χ3n) is 2.36. The first kappa shape index (κ1) is 11.1. The number of carbonyl (C=O) groups excluding carboxylic acids is 1. The highest BCUT2D eigenvalue weighted by atomic mass is 16.1. The Balaban J connectivity index is 2.24. The number of benzene rings is 1. The van der Waals surface area contributed by atoms with Gasteiger partial charge in [-0.1, -0.05) is 12.1 Å². The summed E-state index contributed by atoms with van der Waals surface area (Å²) in [6.45, 7) is 1.85. The lowest BCUT2D eigenvalue weighted by Gasteiger charge is -2.07. The van der Waals surface area contributed by atoms with Crippen molar-refractivity contribution < 1.29 is 4.79 Å². The fourth-order valence-electron chi connectivity index (χ4n) is 1.41. The molecule has 1 heterocycles. The van der Waals surface area contributed by atoms with E-state index in [0.29, 0.717) is 11.3 Å². The zero-order chi connectivity index (χ0) is 12.3. The number of aryl methyl sites for hydroxylation is 1. The third-order valence-corrected chi connectivity index (χ3v) is 2.36. The minimum atomic E-state index is -0.308. The van der Waals surface area contributed by atoms with Crippen LogP contribution >= 0.6 is 0 Å². The topological polar surface area (TPSA) is 80.9 Å². The molecule has 1 aromatic carbocycles. The molecular formula is C12H12N4O. The van der Waals surface area contributed by atoms with Crippen LogP contribution in [-0.2, 0) is 0 Å². The van der Waals surface area contributed by atoms with Gasteiger partial charge >= 0.3 is 0 Å². The Morgan fingerprint density at radius 1 is 1.24 bits per heavy atom. The van der Waals surface area contributed by atoms with Crippen molar-refractivity contribution in [2.24, 2.45) is 0 Å². The van der Waals surface area contributed by atoms with E-state index in [1.165, 1.54) is 0 Å². The number of para-hydroxylation sites is 1. The molecule has 0 aliphatic rings. The molecule has 5 heteroatoms. The number of nitrogens with zero attached hydrogens (tertiary/aromatic N) is 2. The van der Waals surface area contributed by atoms with E-state index in [1.807, 2.05) is 13.0 Å². The average Bonchev–Trinajstić information content (AvgIpc) is 2.34.